The van der Waals surface area contributed by atoms with Gasteiger partial charge in [0, 0.05) is 29.9 Å². The maximum absolute atomic E-state index is 13.1. The molecule has 1 aromatic heterocycles. The Morgan fingerprint density at radius 1 is 1.33 bits per heavy atom. The van der Waals surface area contributed by atoms with E-state index in [0.29, 0.717) is 43.3 Å². The average Bonchev–Trinajstić information content (AvgIpc) is 3.52. The van der Waals surface area contributed by atoms with Crippen molar-refractivity contribution in [2.75, 3.05) is 13.1 Å². The number of aromatic amines is 1. The van der Waals surface area contributed by atoms with Crippen LogP contribution in [0.3, 0.4) is 0 Å². The summed E-state index contributed by atoms with van der Waals surface area (Å²) in [5.41, 5.74) is 0.602. The molecular formula is C22H23F2N5O4. The first-order chi connectivity index (χ1) is 15.9. The molecule has 2 aliphatic heterocycles. The molecule has 2 fully saturated rings. The number of hydrogen-bond acceptors (Lipinski definition) is 5. The minimum absolute atomic E-state index is 0.0543. The molecule has 3 amide bonds. The molecule has 3 heterocycles. The normalized spacial score (nSPS) is 21.2. The van der Waals surface area contributed by atoms with Crippen LogP contribution in [0.5, 0.6) is 5.75 Å². The van der Waals surface area contributed by atoms with Crippen molar-refractivity contribution in [3.8, 4) is 11.8 Å². The van der Waals surface area contributed by atoms with Crippen LogP contribution in [0.15, 0.2) is 24.3 Å². The number of ether oxygens (including phenoxy) is 1. The van der Waals surface area contributed by atoms with E-state index in [-0.39, 0.29) is 29.7 Å². The quantitative estimate of drug-likeness (QED) is 0.583. The number of aromatic nitrogens is 1. The van der Waals surface area contributed by atoms with Crippen LogP contribution in [0.2, 0.25) is 0 Å². The van der Waals surface area contributed by atoms with Crippen molar-refractivity contribution in [1.82, 2.24) is 20.5 Å². The first-order valence-corrected chi connectivity index (χ1v) is 10.7. The van der Waals surface area contributed by atoms with Gasteiger partial charge in [0.25, 0.3) is 5.91 Å². The molecule has 2 saturated heterocycles. The van der Waals surface area contributed by atoms with Gasteiger partial charge in [-0.15, -0.1) is 0 Å². The number of likely N-dealkylation sites (tertiary alicyclic amines) is 1. The molecule has 0 radical (unpaired) electrons. The highest BCUT2D eigenvalue weighted by molar-refractivity contribution is 6.01. The van der Waals surface area contributed by atoms with Gasteiger partial charge in [-0.05, 0) is 43.9 Å². The number of hydrogen-bond donors (Lipinski definition) is 3. The third kappa shape index (κ3) is 4.74. The van der Waals surface area contributed by atoms with E-state index < -0.39 is 30.5 Å². The highest BCUT2D eigenvalue weighted by Gasteiger charge is 2.37. The lowest BCUT2D eigenvalue weighted by Gasteiger charge is -2.25. The lowest BCUT2D eigenvalue weighted by atomic mass is 9.99. The lowest BCUT2D eigenvalue weighted by Crippen LogP contribution is -2.49. The number of carbonyl (C=O) groups is 3. The molecule has 1 unspecified atom stereocenters. The molecule has 2 aromatic rings. The molecule has 1 aromatic carbocycles. The summed E-state index contributed by atoms with van der Waals surface area (Å²) in [4.78, 5) is 42.1. The van der Waals surface area contributed by atoms with Gasteiger partial charge in [-0.1, -0.05) is 6.07 Å². The van der Waals surface area contributed by atoms with E-state index in [1.807, 2.05) is 6.07 Å². The van der Waals surface area contributed by atoms with Crippen LogP contribution in [0.4, 0.5) is 8.78 Å². The van der Waals surface area contributed by atoms with E-state index in [4.69, 9.17) is 0 Å². The number of halogens is 2. The number of amides is 3. The summed E-state index contributed by atoms with van der Waals surface area (Å²) >= 11 is 0. The number of rotatable bonds is 7. The van der Waals surface area contributed by atoms with Crippen LogP contribution in [0, 0.1) is 17.2 Å². The Labute approximate surface area is 188 Å². The van der Waals surface area contributed by atoms with Crippen LogP contribution in [-0.2, 0) is 9.59 Å². The van der Waals surface area contributed by atoms with E-state index in [0.717, 1.165) is 0 Å². The minimum atomic E-state index is -3.00. The number of fused-ring (bicyclic) bond motifs is 1. The highest BCUT2D eigenvalue weighted by atomic mass is 19.3. The number of alkyl halides is 2. The van der Waals surface area contributed by atoms with Crippen molar-refractivity contribution in [1.29, 1.82) is 5.26 Å². The van der Waals surface area contributed by atoms with Crippen LogP contribution in [-0.4, -0.2) is 59.4 Å². The van der Waals surface area contributed by atoms with Gasteiger partial charge in [-0.3, -0.25) is 14.4 Å². The number of H-pyrrole nitrogens is 1. The second-order valence-corrected chi connectivity index (χ2v) is 8.14. The van der Waals surface area contributed by atoms with Gasteiger partial charge < -0.3 is 25.3 Å². The van der Waals surface area contributed by atoms with Crippen LogP contribution in [0.1, 0.15) is 36.2 Å². The summed E-state index contributed by atoms with van der Waals surface area (Å²) in [6.45, 7) is -2.11. The molecule has 0 bridgehead atoms. The predicted octanol–water partition coefficient (Wildman–Crippen LogP) is 1.91. The molecule has 0 aliphatic carbocycles. The van der Waals surface area contributed by atoms with E-state index in [1.165, 1.54) is 23.1 Å². The SMILES string of the molecule is N#C[C@H](CC1CCNC1=O)NC(=O)[C@@H]1CCCN1C(=O)c1cc2c(OC(F)F)cccc2[nH]1. The van der Waals surface area contributed by atoms with Gasteiger partial charge in [-0.25, -0.2) is 0 Å². The second-order valence-electron chi connectivity index (χ2n) is 8.14. The van der Waals surface area contributed by atoms with Gasteiger partial charge in [0.2, 0.25) is 11.8 Å². The van der Waals surface area contributed by atoms with Crippen molar-refractivity contribution in [3.63, 3.8) is 0 Å². The number of benzene rings is 1. The van der Waals surface area contributed by atoms with Crippen molar-refractivity contribution in [2.45, 2.75) is 44.4 Å². The Morgan fingerprint density at radius 3 is 2.85 bits per heavy atom. The summed E-state index contributed by atoms with van der Waals surface area (Å²) in [5, 5.41) is 15.1. The summed E-state index contributed by atoms with van der Waals surface area (Å²) in [5.74, 6) is -1.41. The lowest BCUT2D eigenvalue weighted by molar-refractivity contribution is -0.126. The minimum Gasteiger partial charge on any atom is -0.434 e. The zero-order chi connectivity index (χ0) is 23.5. The van der Waals surface area contributed by atoms with Crippen molar-refractivity contribution in [2.24, 2.45) is 5.92 Å². The molecule has 0 saturated carbocycles. The molecule has 0 spiro atoms. The van der Waals surface area contributed by atoms with E-state index in [1.54, 1.807) is 6.07 Å². The average molecular weight is 459 g/mol. The predicted molar refractivity (Wildman–Crippen MR) is 112 cm³/mol. The second kappa shape index (κ2) is 9.44. The Kier molecular flexibility index (Phi) is 6.44. The third-order valence-electron chi connectivity index (χ3n) is 6.04. The topological polar surface area (TPSA) is 127 Å². The zero-order valence-electron chi connectivity index (χ0n) is 17.6. The molecule has 3 atom stereocenters. The molecule has 174 valence electrons. The van der Waals surface area contributed by atoms with Gasteiger partial charge in [0.15, 0.2) is 0 Å². The monoisotopic (exact) mass is 459 g/mol. The van der Waals surface area contributed by atoms with Gasteiger partial charge in [0.1, 0.15) is 23.5 Å². The number of carbonyl (C=O) groups excluding carboxylic acids is 3. The van der Waals surface area contributed by atoms with Crippen LogP contribution in [0.25, 0.3) is 10.9 Å². The Morgan fingerprint density at radius 2 is 2.15 bits per heavy atom. The number of nitriles is 1. The fourth-order valence-corrected chi connectivity index (χ4v) is 4.44. The molecule has 2 aliphatic rings. The third-order valence-corrected chi connectivity index (χ3v) is 6.04. The summed E-state index contributed by atoms with van der Waals surface area (Å²) in [6, 6.07) is 6.39. The van der Waals surface area contributed by atoms with Crippen LogP contribution >= 0.6 is 0 Å². The van der Waals surface area contributed by atoms with E-state index >= 15 is 0 Å². The fraction of sp³-hybridized carbons (Fsp3) is 0.455. The highest BCUT2D eigenvalue weighted by Crippen LogP contribution is 2.29. The molecule has 3 N–H and O–H groups in total. The molecule has 33 heavy (non-hydrogen) atoms. The maximum Gasteiger partial charge on any atom is 0.387 e. The molecule has 9 nitrogen and oxygen atoms in total. The van der Waals surface area contributed by atoms with Crippen molar-refractivity contribution in [3.05, 3.63) is 30.0 Å². The summed E-state index contributed by atoms with van der Waals surface area (Å²) < 4.78 is 29.9. The van der Waals surface area contributed by atoms with Gasteiger partial charge in [-0.2, -0.15) is 14.0 Å². The molecule has 4 rings (SSSR count). The van der Waals surface area contributed by atoms with Crippen LogP contribution < -0.4 is 15.4 Å². The van der Waals surface area contributed by atoms with E-state index in [9.17, 15) is 28.4 Å². The number of nitrogens with one attached hydrogen (secondary N) is 3. The molecular weight excluding hydrogens is 436 g/mol. The molecule has 11 heteroatoms. The first-order valence-electron chi connectivity index (χ1n) is 10.7. The first kappa shape index (κ1) is 22.5. The maximum atomic E-state index is 13.1. The van der Waals surface area contributed by atoms with E-state index in [2.05, 4.69) is 20.4 Å². The van der Waals surface area contributed by atoms with Gasteiger partial charge in [0.05, 0.1) is 6.07 Å². The Bertz CT molecular complexity index is 1110. The zero-order valence-corrected chi connectivity index (χ0v) is 17.6. The van der Waals surface area contributed by atoms with Gasteiger partial charge >= 0.3 is 6.61 Å². The Hall–Kier alpha value is -3.68. The largest absolute Gasteiger partial charge is 0.434 e. The van der Waals surface area contributed by atoms with Crippen molar-refractivity contribution < 1.29 is 27.9 Å². The smallest absolute Gasteiger partial charge is 0.387 e. The Balaban J connectivity index is 1.47. The standard InChI is InChI=1S/C22H23F2N5O4/c23-22(24)33-18-5-1-3-15-14(18)10-16(28-15)21(32)29-8-2-4-17(29)20(31)27-13(11-25)9-12-6-7-26-19(12)30/h1,3,5,10,12-13,17,22,28H,2,4,6-9H2,(H,26,30)(H,27,31)/t12?,13-,17-/m0/s1. The summed E-state index contributed by atoms with van der Waals surface area (Å²) in [7, 11) is 0. The number of nitrogens with zero attached hydrogens (tertiary/aromatic N) is 2. The van der Waals surface area contributed by atoms with Crippen molar-refractivity contribution >= 4 is 28.6 Å². The fourth-order valence-electron chi connectivity index (χ4n) is 4.44. The summed E-state index contributed by atoms with van der Waals surface area (Å²) in [6.07, 6.45) is 1.86.